The lowest BCUT2D eigenvalue weighted by Crippen LogP contribution is -2.36. The molecule has 0 spiro atoms. The number of hydrogen-bond donors (Lipinski definition) is 0. The molecule has 0 aliphatic carbocycles. The molecule has 0 fully saturated rings. The molecule has 47 heavy (non-hydrogen) atoms. The lowest BCUT2D eigenvalue weighted by atomic mass is 10.1. The van der Waals surface area contributed by atoms with Crippen molar-refractivity contribution in [2.45, 2.75) is 34.1 Å². The van der Waals surface area contributed by atoms with E-state index in [1.165, 1.54) is 16.9 Å². The standard InChI is InChI=1S/C33H44N2O12/c1-6-42-30(37)20-34(21-31(38)43-7-2)25-12-10-11-13-27(25)46-16-17-47-28-15-14-24(19-29(36)41-5)18-26(28)35(22-32(39)44-8-3)23-33(40)45-9-4/h10-15,18H,6-9,16-17,19-23H2,1-5H3. The first-order chi connectivity index (χ1) is 22.6. The normalized spacial score (nSPS) is 10.3. The van der Waals surface area contributed by atoms with Gasteiger partial charge in [-0.2, -0.15) is 0 Å². The molecule has 0 saturated carbocycles. The molecule has 14 heteroatoms. The molecule has 0 amide bonds. The molecule has 0 atom stereocenters. The van der Waals surface area contributed by atoms with Crippen molar-refractivity contribution in [3.05, 3.63) is 48.0 Å². The van der Waals surface area contributed by atoms with Gasteiger partial charge in [0.25, 0.3) is 0 Å². The number of carbonyl (C=O) groups excluding carboxylic acids is 5. The van der Waals surface area contributed by atoms with Crippen molar-refractivity contribution in [2.24, 2.45) is 0 Å². The molecular weight excluding hydrogens is 616 g/mol. The van der Waals surface area contributed by atoms with E-state index in [1.807, 2.05) is 0 Å². The number of carbonyl (C=O) groups is 5. The Morgan fingerprint density at radius 2 is 0.979 bits per heavy atom. The molecule has 2 aromatic rings. The minimum Gasteiger partial charge on any atom is -0.488 e. The fraction of sp³-hybridized carbons (Fsp3) is 0.485. The number of rotatable bonds is 21. The first kappa shape index (κ1) is 38.2. The van der Waals surface area contributed by atoms with Crippen molar-refractivity contribution in [3.8, 4) is 11.5 Å². The minimum absolute atomic E-state index is 0.0140. The summed E-state index contributed by atoms with van der Waals surface area (Å²) in [5.74, 6) is -1.98. The van der Waals surface area contributed by atoms with Crippen LogP contribution < -0.4 is 19.3 Å². The Bertz CT molecular complexity index is 1290. The number of anilines is 2. The van der Waals surface area contributed by atoms with Gasteiger partial charge in [-0.05, 0) is 57.5 Å². The van der Waals surface area contributed by atoms with Gasteiger partial charge in [-0.25, -0.2) is 0 Å². The van der Waals surface area contributed by atoms with Crippen molar-refractivity contribution in [1.82, 2.24) is 0 Å². The van der Waals surface area contributed by atoms with Crippen molar-refractivity contribution in [3.63, 3.8) is 0 Å². The van der Waals surface area contributed by atoms with Crippen molar-refractivity contribution in [1.29, 1.82) is 0 Å². The van der Waals surface area contributed by atoms with Gasteiger partial charge in [0.2, 0.25) is 0 Å². The lowest BCUT2D eigenvalue weighted by Gasteiger charge is -2.26. The van der Waals surface area contributed by atoms with E-state index < -0.39 is 29.8 Å². The van der Waals surface area contributed by atoms with Crippen LogP contribution in [0.15, 0.2) is 42.5 Å². The molecule has 258 valence electrons. The average Bonchev–Trinajstić information content (AvgIpc) is 3.03. The van der Waals surface area contributed by atoms with Crippen LogP contribution in [0, 0.1) is 0 Å². The monoisotopic (exact) mass is 660 g/mol. The number of hydrogen-bond acceptors (Lipinski definition) is 14. The van der Waals surface area contributed by atoms with Gasteiger partial charge in [0.1, 0.15) is 50.9 Å². The van der Waals surface area contributed by atoms with Crippen LogP contribution in [0.3, 0.4) is 0 Å². The third kappa shape index (κ3) is 13.5. The highest BCUT2D eigenvalue weighted by atomic mass is 16.6. The Hall–Kier alpha value is -5.01. The predicted molar refractivity (Wildman–Crippen MR) is 171 cm³/mol. The van der Waals surface area contributed by atoms with Crippen LogP contribution in [0.25, 0.3) is 0 Å². The quantitative estimate of drug-likeness (QED) is 0.109. The van der Waals surface area contributed by atoms with Gasteiger partial charge in [-0.1, -0.05) is 18.2 Å². The van der Waals surface area contributed by atoms with E-state index in [0.29, 0.717) is 28.4 Å². The van der Waals surface area contributed by atoms with Gasteiger partial charge < -0.3 is 43.0 Å². The summed E-state index contributed by atoms with van der Waals surface area (Å²) in [6, 6.07) is 11.8. The van der Waals surface area contributed by atoms with Crippen molar-refractivity contribution in [2.75, 3.05) is 82.7 Å². The summed E-state index contributed by atoms with van der Waals surface area (Å²) < 4.78 is 37.2. The second-order valence-corrected chi connectivity index (χ2v) is 9.65. The third-order valence-electron chi connectivity index (χ3n) is 6.25. The molecule has 0 unspecified atom stereocenters. The molecule has 14 nitrogen and oxygen atoms in total. The fourth-order valence-corrected chi connectivity index (χ4v) is 4.33. The topological polar surface area (TPSA) is 156 Å². The van der Waals surface area contributed by atoms with E-state index in [2.05, 4.69) is 0 Å². The van der Waals surface area contributed by atoms with Gasteiger partial charge in [-0.3, -0.25) is 24.0 Å². The Labute approximate surface area is 274 Å². The Morgan fingerprint density at radius 1 is 0.553 bits per heavy atom. The summed E-state index contributed by atoms with van der Waals surface area (Å²) >= 11 is 0. The number of para-hydroxylation sites is 2. The molecule has 0 heterocycles. The predicted octanol–water partition coefficient (Wildman–Crippen LogP) is 2.73. The van der Waals surface area contributed by atoms with Crippen LogP contribution in [-0.2, 0) is 54.1 Å². The van der Waals surface area contributed by atoms with Crippen LogP contribution in [0.1, 0.15) is 33.3 Å². The maximum atomic E-state index is 12.5. The number of nitrogens with zero attached hydrogens (tertiary/aromatic N) is 2. The van der Waals surface area contributed by atoms with Crippen molar-refractivity contribution >= 4 is 41.2 Å². The zero-order valence-corrected chi connectivity index (χ0v) is 27.6. The minimum atomic E-state index is -0.573. The molecule has 0 aliphatic heterocycles. The van der Waals surface area contributed by atoms with Crippen molar-refractivity contribution < 1.29 is 57.1 Å². The number of methoxy groups -OCH3 is 1. The second kappa shape index (κ2) is 20.9. The lowest BCUT2D eigenvalue weighted by molar-refractivity contribution is -0.144. The summed E-state index contributed by atoms with van der Waals surface area (Å²) in [6.07, 6.45) is -0.0512. The summed E-state index contributed by atoms with van der Waals surface area (Å²) in [6.45, 7) is 6.44. The maximum Gasteiger partial charge on any atom is 0.325 e. The van der Waals surface area contributed by atoms with E-state index in [0.717, 1.165) is 0 Å². The zero-order chi connectivity index (χ0) is 34.6. The SMILES string of the molecule is CCOC(=O)CN(CC(=O)OCC)c1ccccc1OCCOc1ccc(CC(=O)OC)cc1N(CC(=O)OCC)CC(=O)OCC. The van der Waals surface area contributed by atoms with Gasteiger partial charge in [0.05, 0.1) is 51.3 Å². The van der Waals surface area contributed by atoms with E-state index in [4.69, 9.17) is 33.2 Å². The number of esters is 5. The highest BCUT2D eigenvalue weighted by Gasteiger charge is 2.23. The van der Waals surface area contributed by atoms with E-state index in [1.54, 1.807) is 70.2 Å². The molecule has 0 aliphatic rings. The Balaban J connectivity index is 2.31. The van der Waals surface area contributed by atoms with Crippen LogP contribution in [-0.4, -0.2) is 103 Å². The highest BCUT2D eigenvalue weighted by Crippen LogP contribution is 2.31. The molecule has 0 saturated heterocycles. The summed E-state index contributed by atoms with van der Waals surface area (Å²) in [7, 11) is 1.28. The Kier molecular flexibility index (Phi) is 17.0. The van der Waals surface area contributed by atoms with Gasteiger partial charge in [-0.15, -0.1) is 0 Å². The van der Waals surface area contributed by atoms with Gasteiger partial charge in [0.15, 0.2) is 0 Å². The Morgan fingerprint density at radius 3 is 1.43 bits per heavy atom. The largest absolute Gasteiger partial charge is 0.488 e. The summed E-state index contributed by atoms with van der Waals surface area (Å²) in [5.41, 5.74) is 1.38. The highest BCUT2D eigenvalue weighted by molar-refractivity contribution is 5.84. The summed E-state index contributed by atoms with van der Waals surface area (Å²) in [5, 5.41) is 0. The van der Waals surface area contributed by atoms with Crippen LogP contribution in [0.2, 0.25) is 0 Å². The molecule has 2 aromatic carbocycles. The van der Waals surface area contributed by atoms with Gasteiger partial charge in [0, 0.05) is 0 Å². The third-order valence-corrected chi connectivity index (χ3v) is 6.25. The number of ether oxygens (including phenoxy) is 7. The van der Waals surface area contributed by atoms with Crippen LogP contribution >= 0.6 is 0 Å². The van der Waals surface area contributed by atoms with E-state index in [9.17, 15) is 24.0 Å². The van der Waals surface area contributed by atoms with E-state index >= 15 is 0 Å². The first-order valence-corrected chi connectivity index (χ1v) is 15.3. The molecule has 2 rings (SSSR count). The van der Waals surface area contributed by atoms with E-state index in [-0.39, 0.29) is 72.2 Å². The molecule has 0 N–H and O–H groups in total. The van der Waals surface area contributed by atoms with Crippen LogP contribution in [0.5, 0.6) is 11.5 Å². The average molecular weight is 661 g/mol. The zero-order valence-electron chi connectivity index (χ0n) is 27.6. The fourth-order valence-electron chi connectivity index (χ4n) is 4.33. The van der Waals surface area contributed by atoms with Crippen LogP contribution in [0.4, 0.5) is 11.4 Å². The maximum absolute atomic E-state index is 12.5. The first-order valence-electron chi connectivity index (χ1n) is 15.3. The summed E-state index contributed by atoms with van der Waals surface area (Å²) in [4.78, 5) is 64.6. The smallest absolute Gasteiger partial charge is 0.325 e. The number of benzene rings is 2. The van der Waals surface area contributed by atoms with Gasteiger partial charge >= 0.3 is 29.8 Å². The molecule has 0 bridgehead atoms. The second-order valence-electron chi connectivity index (χ2n) is 9.65. The molecule has 0 radical (unpaired) electrons. The molecular formula is C33H44N2O12. The molecule has 0 aromatic heterocycles.